The molecule has 7 heteroatoms. The molecule has 0 aromatic heterocycles. The van der Waals surface area contributed by atoms with Gasteiger partial charge in [0.2, 0.25) is 0 Å². The lowest BCUT2D eigenvalue weighted by Gasteiger charge is -2.30. The molecule has 0 aromatic carbocycles. The molecule has 1 heterocycles. The van der Waals surface area contributed by atoms with E-state index < -0.39 is 30.8 Å². The number of hydrogen-bond donors (Lipinski definition) is 4. The van der Waals surface area contributed by atoms with Crippen molar-refractivity contribution in [2.24, 2.45) is 0 Å². The molecule has 0 aliphatic carbocycles. The molecule has 1 saturated heterocycles. The summed E-state index contributed by atoms with van der Waals surface area (Å²) in [6.45, 7) is 0.0295. The normalized spacial score (nSPS) is 22.6. The third-order valence-electron chi connectivity index (χ3n) is 2.46. The van der Waals surface area contributed by atoms with Crippen LogP contribution in [0.25, 0.3) is 0 Å². The molecule has 1 aliphatic heterocycles. The number of aliphatic carboxylic acids is 1. The topological polar surface area (TPSA) is 110 Å². The SMILES string of the molecule is O=C(O)[C@@H](CO)NC(=O)N1CCCC(O)C1. The highest BCUT2D eigenvalue weighted by Gasteiger charge is 2.25. The van der Waals surface area contributed by atoms with Crippen LogP contribution in [0.5, 0.6) is 0 Å². The largest absolute Gasteiger partial charge is 0.480 e. The zero-order valence-electron chi connectivity index (χ0n) is 8.80. The summed E-state index contributed by atoms with van der Waals surface area (Å²) in [6, 6.07) is -1.87. The number of piperidine rings is 1. The average Bonchev–Trinajstić information content (AvgIpc) is 2.25. The number of nitrogens with zero attached hydrogens (tertiary/aromatic N) is 1. The highest BCUT2D eigenvalue weighted by Crippen LogP contribution is 2.09. The van der Waals surface area contributed by atoms with Crippen LogP contribution in [-0.2, 0) is 4.79 Å². The summed E-state index contributed by atoms with van der Waals surface area (Å²) in [5, 5.41) is 28.9. The number of amides is 2. The number of nitrogens with one attached hydrogen (secondary N) is 1. The minimum absolute atomic E-state index is 0.198. The lowest BCUT2D eigenvalue weighted by Crippen LogP contribution is -2.52. The fraction of sp³-hybridized carbons (Fsp3) is 0.778. The lowest BCUT2D eigenvalue weighted by atomic mass is 10.1. The second-order valence-electron chi connectivity index (χ2n) is 3.76. The van der Waals surface area contributed by atoms with Gasteiger partial charge in [-0.2, -0.15) is 0 Å². The number of carbonyl (C=O) groups is 2. The van der Waals surface area contributed by atoms with Crippen molar-refractivity contribution in [1.82, 2.24) is 10.2 Å². The molecule has 2 amide bonds. The number of rotatable bonds is 3. The molecule has 1 fully saturated rings. The number of hydrogen-bond acceptors (Lipinski definition) is 4. The molecule has 1 unspecified atom stereocenters. The molecular formula is C9H16N2O5. The Balaban J connectivity index is 2.47. The van der Waals surface area contributed by atoms with Gasteiger partial charge in [-0.15, -0.1) is 0 Å². The van der Waals surface area contributed by atoms with Crippen molar-refractivity contribution in [3.05, 3.63) is 0 Å². The van der Waals surface area contributed by atoms with Crippen LogP contribution in [0.2, 0.25) is 0 Å². The van der Waals surface area contributed by atoms with Crippen LogP contribution in [0.4, 0.5) is 4.79 Å². The number of urea groups is 1. The van der Waals surface area contributed by atoms with Crippen LogP contribution in [0.1, 0.15) is 12.8 Å². The minimum Gasteiger partial charge on any atom is -0.480 e. The van der Waals surface area contributed by atoms with Crippen molar-refractivity contribution >= 4 is 12.0 Å². The average molecular weight is 232 g/mol. The molecule has 16 heavy (non-hydrogen) atoms. The fourth-order valence-electron chi connectivity index (χ4n) is 1.57. The van der Waals surface area contributed by atoms with E-state index in [1.54, 1.807) is 0 Å². The van der Waals surface area contributed by atoms with E-state index in [4.69, 9.17) is 10.2 Å². The van der Waals surface area contributed by atoms with Crippen molar-refractivity contribution in [2.45, 2.75) is 25.0 Å². The van der Waals surface area contributed by atoms with Crippen LogP contribution in [-0.4, -0.2) is 64.1 Å². The van der Waals surface area contributed by atoms with Crippen LogP contribution >= 0.6 is 0 Å². The van der Waals surface area contributed by atoms with Gasteiger partial charge in [-0.3, -0.25) is 0 Å². The van der Waals surface area contributed by atoms with Gasteiger partial charge in [-0.05, 0) is 12.8 Å². The quantitative estimate of drug-likeness (QED) is 0.478. The molecule has 0 bridgehead atoms. The van der Waals surface area contributed by atoms with Gasteiger partial charge in [0, 0.05) is 13.1 Å². The standard InChI is InChI=1S/C9H16N2O5/c12-5-7(8(14)15)10-9(16)11-3-1-2-6(13)4-11/h6-7,12-13H,1-5H2,(H,10,16)(H,14,15)/t6?,7-/m1/s1. The van der Waals surface area contributed by atoms with Gasteiger partial charge < -0.3 is 25.5 Å². The Morgan fingerprint density at radius 3 is 2.69 bits per heavy atom. The van der Waals surface area contributed by atoms with Crippen LogP contribution in [0.15, 0.2) is 0 Å². The summed E-state index contributed by atoms with van der Waals surface area (Å²) in [5.74, 6) is -1.28. The maximum Gasteiger partial charge on any atom is 0.328 e. The van der Waals surface area contributed by atoms with E-state index in [9.17, 15) is 14.7 Å². The zero-order valence-corrected chi connectivity index (χ0v) is 8.80. The fourth-order valence-corrected chi connectivity index (χ4v) is 1.57. The van der Waals surface area contributed by atoms with Crippen LogP contribution < -0.4 is 5.32 Å². The molecule has 1 aliphatic rings. The zero-order chi connectivity index (χ0) is 12.1. The maximum atomic E-state index is 11.5. The molecule has 1 rings (SSSR count). The molecule has 92 valence electrons. The number of carbonyl (C=O) groups excluding carboxylic acids is 1. The smallest absolute Gasteiger partial charge is 0.328 e. The Morgan fingerprint density at radius 1 is 1.50 bits per heavy atom. The first kappa shape index (κ1) is 12.7. The maximum absolute atomic E-state index is 11.5. The third kappa shape index (κ3) is 3.35. The molecule has 0 aromatic rings. The summed E-state index contributed by atoms with van der Waals surface area (Å²) in [7, 11) is 0. The van der Waals surface area contributed by atoms with Gasteiger partial charge in [-0.1, -0.05) is 0 Å². The Labute approximate surface area is 92.7 Å². The molecule has 4 N–H and O–H groups in total. The van der Waals surface area contributed by atoms with E-state index in [1.807, 2.05) is 0 Å². The van der Waals surface area contributed by atoms with E-state index in [2.05, 4.69) is 5.32 Å². The van der Waals surface area contributed by atoms with Gasteiger partial charge in [0.1, 0.15) is 0 Å². The van der Waals surface area contributed by atoms with Crippen molar-refractivity contribution in [3.8, 4) is 0 Å². The van der Waals surface area contributed by atoms with E-state index in [1.165, 1.54) is 4.90 Å². The number of aliphatic hydroxyl groups is 2. The van der Waals surface area contributed by atoms with Gasteiger partial charge in [0.25, 0.3) is 0 Å². The highest BCUT2D eigenvalue weighted by atomic mass is 16.4. The monoisotopic (exact) mass is 232 g/mol. The second kappa shape index (κ2) is 5.66. The summed E-state index contributed by atoms with van der Waals surface area (Å²) in [5.41, 5.74) is 0. The first-order valence-corrected chi connectivity index (χ1v) is 5.11. The molecular weight excluding hydrogens is 216 g/mol. The molecule has 0 spiro atoms. The van der Waals surface area contributed by atoms with E-state index in [0.717, 1.165) is 0 Å². The molecule has 0 radical (unpaired) electrons. The Bertz CT molecular complexity index is 271. The second-order valence-corrected chi connectivity index (χ2v) is 3.76. The highest BCUT2D eigenvalue weighted by molar-refractivity contribution is 5.82. The number of β-amino-alcohol motifs (C(OH)–C–C–N with tert-alkyl or cyclic N) is 1. The lowest BCUT2D eigenvalue weighted by molar-refractivity contribution is -0.140. The van der Waals surface area contributed by atoms with Gasteiger partial charge in [0.15, 0.2) is 6.04 Å². The number of carboxylic acid groups (broad SMARTS) is 1. The molecule has 2 atom stereocenters. The first-order chi connectivity index (χ1) is 7.54. The predicted molar refractivity (Wildman–Crippen MR) is 53.9 cm³/mol. The minimum atomic E-state index is -1.30. The number of carboxylic acids is 1. The van der Waals surface area contributed by atoms with E-state index >= 15 is 0 Å². The van der Waals surface area contributed by atoms with Crippen molar-refractivity contribution < 1.29 is 24.9 Å². The van der Waals surface area contributed by atoms with E-state index in [0.29, 0.717) is 19.4 Å². The van der Waals surface area contributed by atoms with Gasteiger partial charge in [-0.25, -0.2) is 9.59 Å². The summed E-state index contributed by atoms with van der Waals surface area (Å²) in [4.78, 5) is 23.5. The third-order valence-corrected chi connectivity index (χ3v) is 2.46. The molecule has 0 saturated carbocycles. The van der Waals surface area contributed by atoms with Crippen LogP contribution in [0, 0.1) is 0 Å². The van der Waals surface area contributed by atoms with E-state index in [-0.39, 0.29) is 6.54 Å². The molecule has 7 nitrogen and oxygen atoms in total. The van der Waals surface area contributed by atoms with Gasteiger partial charge >= 0.3 is 12.0 Å². The summed E-state index contributed by atoms with van der Waals surface area (Å²) >= 11 is 0. The number of likely N-dealkylation sites (tertiary alicyclic amines) is 1. The Morgan fingerprint density at radius 2 is 2.19 bits per heavy atom. The summed E-state index contributed by atoms with van der Waals surface area (Å²) in [6.07, 6.45) is 0.773. The van der Waals surface area contributed by atoms with Crippen molar-refractivity contribution in [1.29, 1.82) is 0 Å². The first-order valence-electron chi connectivity index (χ1n) is 5.11. The van der Waals surface area contributed by atoms with Crippen molar-refractivity contribution in [2.75, 3.05) is 19.7 Å². The van der Waals surface area contributed by atoms with Crippen LogP contribution in [0.3, 0.4) is 0 Å². The van der Waals surface area contributed by atoms with Crippen molar-refractivity contribution in [3.63, 3.8) is 0 Å². The number of aliphatic hydroxyl groups excluding tert-OH is 2. The summed E-state index contributed by atoms with van der Waals surface area (Å²) < 4.78 is 0. The predicted octanol–water partition coefficient (Wildman–Crippen LogP) is -1.40. The Hall–Kier alpha value is -1.34. The Kier molecular flexibility index (Phi) is 4.51. The van der Waals surface area contributed by atoms with Gasteiger partial charge in [0.05, 0.1) is 12.7 Å².